The van der Waals surface area contributed by atoms with E-state index in [2.05, 4.69) is 4.99 Å². The molecule has 0 bridgehead atoms. The first-order valence-corrected chi connectivity index (χ1v) is 3.94. The van der Waals surface area contributed by atoms with Crippen molar-refractivity contribution < 1.29 is 0 Å². The molecule has 0 fully saturated rings. The summed E-state index contributed by atoms with van der Waals surface area (Å²) in [7, 11) is 0. The van der Waals surface area contributed by atoms with Crippen LogP contribution in [-0.2, 0) is 0 Å². The summed E-state index contributed by atoms with van der Waals surface area (Å²) >= 11 is 0. The summed E-state index contributed by atoms with van der Waals surface area (Å²) in [6.07, 6.45) is 3.77. The summed E-state index contributed by atoms with van der Waals surface area (Å²) in [6, 6.07) is 0. The summed E-state index contributed by atoms with van der Waals surface area (Å²) in [5.74, 6) is -0.141. The Balaban J connectivity index is 4.80. The Morgan fingerprint density at radius 2 is 1.92 bits per heavy atom. The molecule has 0 aromatic carbocycles. The predicted octanol–water partition coefficient (Wildman–Crippen LogP) is 1.94. The molecule has 3 nitrogen and oxygen atoms in total. The number of nitrogens with one attached hydrogen (secondary N) is 1. The van der Waals surface area contributed by atoms with E-state index in [1.54, 1.807) is 0 Å². The van der Waals surface area contributed by atoms with E-state index in [-0.39, 0.29) is 11.4 Å². The number of hydrogen-bond acceptors (Lipinski definition) is 1. The maximum atomic E-state index is 7.04. The Kier molecular flexibility index (Phi) is 3.67. The average molecular weight is 167 g/mol. The number of hydrogen-bond donors (Lipinski definition) is 2. The lowest BCUT2D eigenvalue weighted by Gasteiger charge is -2.18. The monoisotopic (exact) mass is 167 g/mol. The minimum absolute atomic E-state index is 0.0574. The topological polar surface area (TPSA) is 62.2 Å². The van der Waals surface area contributed by atoms with Crippen molar-refractivity contribution in [2.24, 2.45) is 16.1 Å². The van der Waals surface area contributed by atoms with Crippen molar-refractivity contribution in [2.45, 2.75) is 27.7 Å². The highest BCUT2D eigenvalue weighted by Crippen LogP contribution is 2.16. The number of nitrogens with two attached hydrogens (primary N) is 1. The third kappa shape index (κ3) is 3.91. The number of allylic oxidation sites excluding steroid dienone is 2. The molecular weight excluding hydrogens is 150 g/mol. The summed E-state index contributed by atoms with van der Waals surface area (Å²) in [5, 5.41) is 7.04. The van der Waals surface area contributed by atoms with Crippen LogP contribution >= 0.6 is 0 Å². The molecule has 0 aliphatic carbocycles. The van der Waals surface area contributed by atoms with Gasteiger partial charge in [0.1, 0.15) is 0 Å². The second-order valence-corrected chi connectivity index (χ2v) is 3.63. The Hall–Kier alpha value is -1.12. The Labute approximate surface area is 73.9 Å². The molecule has 3 heteroatoms. The zero-order valence-corrected chi connectivity index (χ0v) is 8.18. The standard InChI is InChI=1S/C9H17N3/c1-5-6-7(9(2,3)4)12-8(10)11/h5-6H,1-4H3,(H3,10,11)/b6-5-,12-7?. The van der Waals surface area contributed by atoms with Crippen LogP contribution in [0.5, 0.6) is 0 Å². The molecule has 0 aliphatic rings. The molecule has 0 atom stereocenters. The third-order valence-electron chi connectivity index (χ3n) is 1.33. The third-order valence-corrected chi connectivity index (χ3v) is 1.33. The largest absolute Gasteiger partial charge is 0.368 e. The molecule has 0 saturated carbocycles. The van der Waals surface area contributed by atoms with Gasteiger partial charge in [-0.15, -0.1) is 0 Å². The number of aliphatic imine (C=N–C) groups is 1. The van der Waals surface area contributed by atoms with Gasteiger partial charge in [-0.05, 0) is 13.0 Å². The van der Waals surface area contributed by atoms with Crippen LogP contribution in [0.3, 0.4) is 0 Å². The molecule has 0 saturated heterocycles. The van der Waals surface area contributed by atoms with Crippen LogP contribution in [0.2, 0.25) is 0 Å². The minimum Gasteiger partial charge on any atom is -0.368 e. The van der Waals surface area contributed by atoms with Gasteiger partial charge in [-0.1, -0.05) is 26.8 Å². The lowest BCUT2D eigenvalue weighted by molar-refractivity contribution is 0.594. The zero-order valence-electron chi connectivity index (χ0n) is 8.18. The highest BCUT2D eigenvalue weighted by molar-refractivity contribution is 6.05. The SMILES string of the molecule is C/C=C\C(=NC(=N)N)C(C)(C)C. The smallest absolute Gasteiger partial charge is 0.212 e. The van der Waals surface area contributed by atoms with Gasteiger partial charge < -0.3 is 5.73 Å². The molecule has 0 aromatic heterocycles. The molecule has 12 heavy (non-hydrogen) atoms. The molecule has 0 radical (unpaired) electrons. The second-order valence-electron chi connectivity index (χ2n) is 3.63. The maximum Gasteiger partial charge on any atom is 0.212 e. The first-order valence-electron chi connectivity index (χ1n) is 3.94. The van der Waals surface area contributed by atoms with E-state index in [0.717, 1.165) is 5.71 Å². The van der Waals surface area contributed by atoms with Crippen molar-refractivity contribution in [2.75, 3.05) is 0 Å². The predicted molar refractivity (Wildman–Crippen MR) is 53.6 cm³/mol. The summed E-state index contributed by atoms with van der Waals surface area (Å²) in [4.78, 5) is 3.93. The lowest BCUT2D eigenvalue weighted by atomic mass is 9.89. The van der Waals surface area contributed by atoms with Crippen molar-refractivity contribution in [3.05, 3.63) is 12.2 Å². The second kappa shape index (κ2) is 4.04. The Morgan fingerprint density at radius 1 is 1.42 bits per heavy atom. The fourth-order valence-electron chi connectivity index (χ4n) is 0.743. The van der Waals surface area contributed by atoms with E-state index in [4.69, 9.17) is 11.1 Å². The van der Waals surface area contributed by atoms with Crippen LogP contribution in [0.4, 0.5) is 0 Å². The van der Waals surface area contributed by atoms with E-state index < -0.39 is 0 Å². The van der Waals surface area contributed by atoms with Crippen LogP contribution < -0.4 is 5.73 Å². The summed E-state index contributed by atoms with van der Waals surface area (Å²) in [5.41, 5.74) is 5.96. The van der Waals surface area contributed by atoms with Crippen molar-refractivity contribution in [3.63, 3.8) is 0 Å². The van der Waals surface area contributed by atoms with Gasteiger partial charge in [0.15, 0.2) is 0 Å². The van der Waals surface area contributed by atoms with E-state index in [1.165, 1.54) is 0 Å². The first-order chi connectivity index (χ1) is 5.38. The van der Waals surface area contributed by atoms with Crippen LogP contribution in [0.1, 0.15) is 27.7 Å². The minimum atomic E-state index is -0.141. The van der Waals surface area contributed by atoms with Gasteiger partial charge in [0.2, 0.25) is 5.96 Å². The van der Waals surface area contributed by atoms with Crippen molar-refractivity contribution in [1.82, 2.24) is 0 Å². The summed E-state index contributed by atoms with van der Waals surface area (Å²) < 4.78 is 0. The van der Waals surface area contributed by atoms with Gasteiger partial charge in [0, 0.05) is 11.1 Å². The maximum absolute atomic E-state index is 7.04. The number of guanidine groups is 1. The molecule has 0 rings (SSSR count). The lowest BCUT2D eigenvalue weighted by Crippen LogP contribution is -2.21. The molecule has 0 amide bonds. The van der Waals surface area contributed by atoms with Gasteiger partial charge >= 0.3 is 0 Å². The van der Waals surface area contributed by atoms with Crippen LogP contribution in [0.25, 0.3) is 0 Å². The van der Waals surface area contributed by atoms with E-state index in [0.29, 0.717) is 0 Å². The summed E-state index contributed by atoms with van der Waals surface area (Å²) in [6.45, 7) is 8.03. The van der Waals surface area contributed by atoms with Gasteiger partial charge in [0.25, 0.3) is 0 Å². The molecular formula is C9H17N3. The molecule has 0 spiro atoms. The van der Waals surface area contributed by atoms with Crippen molar-refractivity contribution in [1.29, 1.82) is 5.41 Å². The highest BCUT2D eigenvalue weighted by Gasteiger charge is 2.16. The normalized spacial score (nSPS) is 13.8. The average Bonchev–Trinajstić information content (AvgIpc) is 1.83. The number of rotatable bonds is 1. The van der Waals surface area contributed by atoms with Crippen molar-refractivity contribution in [3.8, 4) is 0 Å². The van der Waals surface area contributed by atoms with Gasteiger partial charge in [-0.25, -0.2) is 4.99 Å². The van der Waals surface area contributed by atoms with Crippen LogP contribution in [0.15, 0.2) is 17.1 Å². The molecule has 0 unspecified atom stereocenters. The zero-order chi connectivity index (χ0) is 9.78. The molecule has 68 valence electrons. The molecule has 3 N–H and O–H groups in total. The first kappa shape index (κ1) is 10.9. The van der Waals surface area contributed by atoms with Gasteiger partial charge in [-0.3, -0.25) is 5.41 Å². The molecule has 0 aromatic rings. The van der Waals surface area contributed by atoms with E-state index in [9.17, 15) is 0 Å². The molecule has 0 heterocycles. The van der Waals surface area contributed by atoms with Crippen LogP contribution in [-0.4, -0.2) is 11.7 Å². The fourth-order valence-corrected chi connectivity index (χ4v) is 0.743. The Morgan fingerprint density at radius 3 is 2.17 bits per heavy atom. The highest BCUT2D eigenvalue weighted by atomic mass is 15.0. The quantitative estimate of drug-likeness (QED) is 0.455. The number of nitrogens with zero attached hydrogens (tertiary/aromatic N) is 1. The Bertz CT molecular complexity index is 218. The van der Waals surface area contributed by atoms with Gasteiger partial charge in [0.05, 0.1) is 0 Å². The van der Waals surface area contributed by atoms with E-state index in [1.807, 2.05) is 39.8 Å². The molecule has 0 aliphatic heterocycles. The fraction of sp³-hybridized carbons (Fsp3) is 0.556. The van der Waals surface area contributed by atoms with E-state index >= 15 is 0 Å². The van der Waals surface area contributed by atoms with Gasteiger partial charge in [-0.2, -0.15) is 0 Å². The van der Waals surface area contributed by atoms with Crippen LogP contribution in [0, 0.1) is 10.8 Å². The van der Waals surface area contributed by atoms with Crippen molar-refractivity contribution >= 4 is 11.7 Å².